The number of alkyl halides is 1. The Bertz CT molecular complexity index is 413. The smallest absolute Gasteiger partial charge is 0.315 e. The average Bonchev–Trinajstić information content (AvgIpc) is 2.86. The van der Waals surface area contributed by atoms with Crippen LogP contribution in [0.15, 0.2) is 15.3 Å². The van der Waals surface area contributed by atoms with Crippen molar-refractivity contribution in [1.29, 1.82) is 0 Å². The average molecular weight is 230 g/mol. The highest BCUT2D eigenvalue weighted by molar-refractivity contribution is 6.20. The number of rotatable bonds is 4. The van der Waals surface area contributed by atoms with Gasteiger partial charge in [0, 0.05) is 0 Å². The molecule has 0 aliphatic carbocycles. The van der Waals surface area contributed by atoms with Crippen molar-refractivity contribution in [3.63, 3.8) is 0 Å². The first-order chi connectivity index (χ1) is 7.25. The zero-order valence-corrected chi connectivity index (χ0v) is 8.60. The Morgan fingerprint density at radius 3 is 3.00 bits per heavy atom. The van der Waals surface area contributed by atoms with Gasteiger partial charge in [-0.3, -0.25) is 0 Å². The first kappa shape index (κ1) is 9.91. The molecule has 0 aliphatic heterocycles. The van der Waals surface area contributed by atoms with Gasteiger partial charge in [0.05, 0.1) is 6.54 Å². The van der Waals surface area contributed by atoms with Gasteiger partial charge in [0.1, 0.15) is 5.38 Å². The fourth-order valence-electron chi connectivity index (χ4n) is 0.892. The molecule has 8 heteroatoms. The molecule has 2 rings (SSSR count). The van der Waals surface area contributed by atoms with E-state index in [9.17, 15) is 0 Å². The standard InChI is InChI=1S/C7H8ClN5O2/c1-4(8)6-11-12-7(15-6)9-2-5-10-3-14-13-5/h3-4H,2H2,1H3,(H,9,12). The monoisotopic (exact) mass is 229 g/mol. The molecule has 1 N–H and O–H groups in total. The van der Waals surface area contributed by atoms with E-state index in [1.54, 1.807) is 6.92 Å². The lowest BCUT2D eigenvalue weighted by Gasteiger charge is -1.95. The molecule has 7 nitrogen and oxygen atoms in total. The molecule has 2 aromatic rings. The van der Waals surface area contributed by atoms with Crippen LogP contribution in [0, 0.1) is 0 Å². The number of hydrogen-bond acceptors (Lipinski definition) is 7. The summed E-state index contributed by atoms with van der Waals surface area (Å²) in [5.41, 5.74) is 0. The highest BCUT2D eigenvalue weighted by atomic mass is 35.5. The van der Waals surface area contributed by atoms with Gasteiger partial charge in [-0.1, -0.05) is 10.3 Å². The van der Waals surface area contributed by atoms with Crippen LogP contribution in [0.3, 0.4) is 0 Å². The van der Waals surface area contributed by atoms with Gasteiger partial charge in [-0.05, 0) is 6.92 Å². The molecular weight excluding hydrogens is 222 g/mol. The van der Waals surface area contributed by atoms with Crippen molar-refractivity contribution in [1.82, 2.24) is 20.3 Å². The minimum absolute atomic E-state index is 0.280. The number of halogens is 1. The summed E-state index contributed by atoms with van der Waals surface area (Å²) in [5.74, 6) is 0.876. The fraction of sp³-hybridized carbons (Fsp3) is 0.429. The molecule has 2 aromatic heterocycles. The van der Waals surface area contributed by atoms with Gasteiger partial charge in [-0.2, -0.15) is 4.98 Å². The molecule has 1 atom stereocenters. The van der Waals surface area contributed by atoms with E-state index >= 15 is 0 Å². The number of hydrogen-bond donors (Lipinski definition) is 1. The third-order valence-electron chi connectivity index (χ3n) is 1.59. The van der Waals surface area contributed by atoms with E-state index in [1.807, 2.05) is 0 Å². The van der Waals surface area contributed by atoms with Crippen LogP contribution in [0.2, 0.25) is 0 Å². The predicted octanol–water partition coefficient (Wildman–Crippen LogP) is 1.36. The van der Waals surface area contributed by atoms with Crippen molar-refractivity contribution >= 4 is 17.6 Å². The fourth-order valence-corrected chi connectivity index (χ4v) is 0.980. The SMILES string of the molecule is CC(Cl)c1nnc(NCc2ncon2)o1. The van der Waals surface area contributed by atoms with E-state index in [-0.39, 0.29) is 11.4 Å². The van der Waals surface area contributed by atoms with Crippen LogP contribution < -0.4 is 5.32 Å². The number of nitrogens with zero attached hydrogens (tertiary/aromatic N) is 4. The molecule has 0 spiro atoms. The molecule has 15 heavy (non-hydrogen) atoms. The summed E-state index contributed by atoms with van der Waals surface area (Å²) < 4.78 is 9.75. The maximum atomic E-state index is 5.75. The van der Waals surface area contributed by atoms with Gasteiger partial charge in [0.2, 0.25) is 12.3 Å². The second kappa shape index (κ2) is 4.26. The van der Waals surface area contributed by atoms with Crippen LogP contribution in [0.25, 0.3) is 0 Å². The lowest BCUT2D eigenvalue weighted by molar-refractivity contribution is 0.410. The molecule has 0 amide bonds. The van der Waals surface area contributed by atoms with E-state index in [1.165, 1.54) is 6.39 Å². The van der Waals surface area contributed by atoms with E-state index in [0.29, 0.717) is 18.3 Å². The highest BCUT2D eigenvalue weighted by Crippen LogP contribution is 2.19. The molecule has 1 unspecified atom stereocenters. The third kappa shape index (κ3) is 2.44. The molecule has 80 valence electrons. The van der Waals surface area contributed by atoms with Gasteiger partial charge < -0.3 is 14.3 Å². The summed E-state index contributed by atoms with van der Waals surface area (Å²) in [5, 5.41) is 13.6. The van der Waals surface area contributed by atoms with Crippen molar-refractivity contribution in [3.05, 3.63) is 18.1 Å². The minimum atomic E-state index is -0.307. The molecule has 0 radical (unpaired) electrons. The molecule has 0 aliphatic rings. The van der Waals surface area contributed by atoms with Crippen LogP contribution in [0.1, 0.15) is 24.0 Å². The van der Waals surface area contributed by atoms with Gasteiger partial charge in [-0.25, -0.2) is 0 Å². The van der Waals surface area contributed by atoms with Gasteiger partial charge >= 0.3 is 6.01 Å². The molecule has 0 bridgehead atoms. The van der Waals surface area contributed by atoms with Gasteiger partial charge in [0.25, 0.3) is 0 Å². The normalized spacial score (nSPS) is 12.7. The first-order valence-corrected chi connectivity index (χ1v) is 4.66. The minimum Gasteiger partial charge on any atom is -0.406 e. The topological polar surface area (TPSA) is 89.9 Å². The maximum Gasteiger partial charge on any atom is 0.315 e. The van der Waals surface area contributed by atoms with Crippen LogP contribution in [-0.4, -0.2) is 20.3 Å². The number of anilines is 1. The molecule has 2 heterocycles. The lowest BCUT2D eigenvalue weighted by atomic mass is 10.5. The van der Waals surface area contributed by atoms with Crippen LogP contribution >= 0.6 is 11.6 Å². The van der Waals surface area contributed by atoms with Crippen LogP contribution in [-0.2, 0) is 6.54 Å². The second-order valence-electron chi connectivity index (χ2n) is 2.76. The first-order valence-electron chi connectivity index (χ1n) is 4.22. The Hall–Kier alpha value is -1.63. The Kier molecular flexibility index (Phi) is 2.82. The van der Waals surface area contributed by atoms with Crippen LogP contribution in [0.4, 0.5) is 6.01 Å². The van der Waals surface area contributed by atoms with E-state index in [4.69, 9.17) is 16.0 Å². The molecule has 0 saturated carbocycles. The third-order valence-corrected chi connectivity index (χ3v) is 1.77. The quantitative estimate of drug-likeness (QED) is 0.792. The van der Waals surface area contributed by atoms with Gasteiger partial charge in [-0.15, -0.1) is 16.7 Å². The van der Waals surface area contributed by atoms with Crippen molar-refractivity contribution < 1.29 is 8.94 Å². The maximum absolute atomic E-state index is 5.75. The van der Waals surface area contributed by atoms with Crippen molar-refractivity contribution in [2.75, 3.05) is 5.32 Å². The summed E-state index contributed by atoms with van der Waals surface area (Å²) in [6.07, 6.45) is 1.25. The predicted molar refractivity (Wildman–Crippen MR) is 50.2 cm³/mol. The van der Waals surface area contributed by atoms with Crippen molar-refractivity contribution in [3.8, 4) is 0 Å². The van der Waals surface area contributed by atoms with Crippen LogP contribution in [0.5, 0.6) is 0 Å². The van der Waals surface area contributed by atoms with Crippen molar-refractivity contribution in [2.24, 2.45) is 0 Å². The Morgan fingerprint density at radius 2 is 2.40 bits per heavy atom. The van der Waals surface area contributed by atoms with Gasteiger partial charge in [0.15, 0.2) is 5.82 Å². The van der Waals surface area contributed by atoms with E-state index < -0.39 is 0 Å². The summed E-state index contributed by atoms with van der Waals surface area (Å²) in [6, 6.07) is 0.280. The lowest BCUT2D eigenvalue weighted by Crippen LogP contribution is -2.01. The molecule has 0 fully saturated rings. The largest absolute Gasteiger partial charge is 0.406 e. The number of aromatic nitrogens is 4. The molecular formula is C7H8ClN5O2. The molecule has 0 saturated heterocycles. The van der Waals surface area contributed by atoms with E-state index in [0.717, 1.165) is 0 Å². The summed E-state index contributed by atoms with van der Waals surface area (Å²) >= 11 is 5.75. The summed E-state index contributed by atoms with van der Waals surface area (Å²) in [6.45, 7) is 2.10. The van der Waals surface area contributed by atoms with E-state index in [2.05, 4.69) is 30.2 Å². The summed E-state index contributed by atoms with van der Waals surface area (Å²) in [7, 11) is 0. The zero-order chi connectivity index (χ0) is 10.7. The highest BCUT2D eigenvalue weighted by Gasteiger charge is 2.11. The zero-order valence-electron chi connectivity index (χ0n) is 7.85. The van der Waals surface area contributed by atoms with Crippen molar-refractivity contribution in [2.45, 2.75) is 18.8 Å². The Morgan fingerprint density at radius 1 is 1.53 bits per heavy atom. The second-order valence-corrected chi connectivity index (χ2v) is 3.42. The molecule has 0 aromatic carbocycles. The Labute approximate surface area is 89.8 Å². The Balaban J connectivity index is 1.94. The number of nitrogens with one attached hydrogen (secondary N) is 1. The summed E-state index contributed by atoms with van der Waals surface area (Å²) in [4.78, 5) is 3.82.